The summed E-state index contributed by atoms with van der Waals surface area (Å²) >= 11 is 12.8. The number of nitrogens with zero attached hydrogens (tertiary/aromatic N) is 4. The van der Waals surface area contributed by atoms with Gasteiger partial charge in [0.25, 0.3) is 0 Å². The average molecular weight is 586 g/mol. The van der Waals surface area contributed by atoms with Crippen LogP contribution in [-0.2, 0) is 11.4 Å². The summed E-state index contributed by atoms with van der Waals surface area (Å²) in [7, 11) is 3.56. The summed E-state index contributed by atoms with van der Waals surface area (Å²) in [4.78, 5) is 30.6. The molecule has 5 N–H and O–H groups in total. The third-order valence-corrected chi connectivity index (χ3v) is 6.15. The molecule has 0 aliphatic rings. The lowest BCUT2D eigenvalue weighted by Crippen LogP contribution is -2.27. The van der Waals surface area contributed by atoms with Crippen molar-refractivity contribution >= 4 is 52.5 Å². The number of hydrogen-bond donors (Lipinski definition) is 5. The molecule has 0 aliphatic carbocycles. The van der Waals surface area contributed by atoms with E-state index in [0.29, 0.717) is 22.8 Å². The highest BCUT2D eigenvalue weighted by atomic mass is 35.5. The second-order valence-corrected chi connectivity index (χ2v) is 9.46. The van der Waals surface area contributed by atoms with Gasteiger partial charge in [0, 0.05) is 18.3 Å². The lowest BCUT2D eigenvalue weighted by atomic mass is 10.2. The summed E-state index contributed by atoms with van der Waals surface area (Å²) in [6, 6.07) is 13.5. The fraction of sp³-hybridized carbons (Fsp3) is 0.154. The van der Waals surface area contributed by atoms with Crippen LogP contribution in [-0.4, -0.2) is 62.5 Å². The molecule has 12 nitrogen and oxygen atoms in total. The van der Waals surface area contributed by atoms with Crippen LogP contribution in [0.4, 0.5) is 22.1 Å². The van der Waals surface area contributed by atoms with E-state index < -0.39 is 6.03 Å². The minimum Gasteiger partial charge on any atom is -0.492 e. The van der Waals surface area contributed by atoms with Crippen molar-refractivity contribution in [3.05, 3.63) is 76.4 Å². The molecule has 3 amide bonds. The second-order valence-electron chi connectivity index (χ2n) is 8.71. The van der Waals surface area contributed by atoms with Crippen LogP contribution in [0.25, 0.3) is 5.69 Å². The first kappa shape index (κ1) is 28.6. The topological polar surface area (TPSA) is 154 Å². The van der Waals surface area contributed by atoms with Crippen LogP contribution in [0.1, 0.15) is 5.56 Å². The minimum atomic E-state index is -0.674. The number of halogens is 2. The number of hydrogen-bond acceptors (Lipinski definition) is 8. The van der Waals surface area contributed by atoms with E-state index in [1.165, 1.54) is 35.1 Å². The quantitative estimate of drug-likeness (QED) is 0.189. The number of rotatable bonds is 9. The van der Waals surface area contributed by atoms with Crippen molar-refractivity contribution in [2.45, 2.75) is 6.61 Å². The van der Waals surface area contributed by atoms with Crippen molar-refractivity contribution in [1.82, 2.24) is 19.7 Å². The number of carbonyl (C=O) groups excluding carboxylic acids is 2. The molecule has 4 aromatic rings. The van der Waals surface area contributed by atoms with Gasteiger partial charge in [0.2, 0.25) is 11.8 Å². The number of likely N-dealkylation sites (N-methyl/N-ethyl adjacent to an activating group) is 1. The van der Waals surface area contributed by atoms with Crippen LogP contribution in [0.3, 0.4) is 0 Å². The van der Waals surface area contributed by atoms with Gasteiger partial charge in [0.1, 0.15) is 28.2 Å². The van der Waals surface area contributed by atoms with Gasteiger partial charge in [-0.3, -0.25) is 10.1 Å². The van der Waals surface area contributed by atoms with E-state index in [1.807, 2.05) is 0 Å². The summed E-state index contributed by atoms with van der Waals surface area (Å²) in [5, 5.41) is 31.1. The third-order valence-electron chi connectivity index (χ3n) is 5.28. The molecule has 2 aromatic heterocycles. The maximum Gasteiger partial charge on any atom is 0.324 e. The molecular weight excluding hydrogens is 561 g/mol. The Morgan fingerprint density at radius 3 is 2.45 bits per heavy atom. The first-order valence-corrected chi connectivity index (χ1v) is 12.5. The van der Waals surface area contributed by atoms with Crippen LogP contribution in [0.5, 0.6) is 17.4 Å². The summed E-state index contributed by atoms with van der Waals surface area (Å²) in [5.74, 6) is 0.509. The molecule has 0 atom stereocenters. The van der Waals surface area contributed by atoms with Crippen molar-refractivity contribution in [2.75, 3.05) is 36.6 Å². The number of nitrogens with one attached hydrogen (secondary N) is 3. The molecule has 0 saturated heterocycles. The smallest absolute Gasteiger partial charge is 0.324 e. The van der Waals surface area contributed by atoms with Gasteiger partial charge in [-0.05, 0) is 50.0 Å². The highest BCUT2D eigenvalue weighted by Crippen LogP contribution is 2.39. The summed E-state index contributed by atoms with van der Waals surface area (Å²) in [6.07, 6.45) is 1.47. The van der Waals surface area contributed by atoms with Crippen molar-refractivity contribution in [1.29, 1.82) is 0 Å². The fourth-order valence-electron chi connectivity index (χ4n) is 3.51. The minimum absolute atomic E-state index is 0.0267. The molecular formula is C26H25Cl2N7O5. The van der Waals surface area contributed by atoms with Gasteiger partial charge >= 0.3 is 6.03 Å². The van der Waals surface area contributed by atoms with Crippen LogP contribution in [0, 0.1) is 0 Å². The van der Waals surface area contributed by atoms with Gasteiger partial charge in [-0.1, -0.05) is 35.3 Å². The van der Waals surface area contributed by atoms with Crippen LogP contribution in [0.15, 0.2) is 60.8 Å². The average Bonchev–Trinajstić information content (AvgIpc) is 3.27. The number of benzene rings is 2. The molecule has 2 heterocycles. The SMILES string of the molecule is CN(C)CC(=O)Nc1cc(Oc2ccc(NC(=O)Nc3cc(O)nn3-c3ccc(CO)cc3)c(Cl)c2Cl)ccn1. The van der Waals surface area contributed by atoms with E-state index in [2.05, 4.69) is 26.0 Å². The number of urea groups is 1. The largest absolute Gasteiger partial charge is 0.492 e. The molecule has 0 unspecified atom stereocenters. The summed E-state index contributed by atoms with van der Waals surface area (Å²) < 4.78 is 7.16. The molecule has 14 heteroatoms. The zero-order valence-electron chi connectivity index (χ0n) is 21.4. The van der Waals surface area contributed by atoms with E-state index in [9.17, 15) is 19.8 Å². The van der Waals surface area contributed by atoms with E-state index in [-0.39, 0.29) is 52.2 Å². The van der Waals surface area contributed by atoms with Crippen molar-refractivity contribution in [3.63, 3.8) is 0 Å². The van der Waals surface area contributed by atoms with Gasteiger partial charge in [-0.15, -0.1) is 5.10 Å². The number of aliphatic hydroxyl groups excluding tert-OH is 1. The predicted molar refractivity (Wildman–Crippen MR) is 152 cm³/mol. The van der Waals surface area contributed by atoms with E-state index in [4.69, 9.17) is 27.9 Å². The Bertz CT molecular complexity index is 1530. The van der Waals surface area contributed by atoms with Crippen molar-refractivity contribution in [2.24, 2.45) is 0 Å². The van der Waals surface area contributed by atoms with Gasteiger partial charge in [0.15, 0.2) is 0 Å². The zero-order chi connectivity index (χ0) is 28.8. The Labute approximate surface area is 239 Å². The number of ether oxygens (including phenoxy) is 1. The molecule has 0 spiro atoms. The van der Waals surface area contributed by atoms with E-state index in [1.54, 1.807) is 49.3 Å². The molecule has 2 aromatic carbocycles. The molecule has 0 saturated carbocycles. The summed E-state index contributed by atoms with van der Waals surface area (Å²) in [5.41, 5.74) is 1.44. The normalized spacial score (nSPS) is 10.8. The Balaban J connectivity index is 1.44. The van der Waals surface area contributed by atoms with Crippen molar-refractivity contribution in [3.8, 4) is 23.1 Å². The first-order chi connectivity index (χ1) is 19.1. The number of pyridine rings is 1. The molecule has 40 heavy (non-hydrogen) atoms. The van der Waals surface area contributed by atoms with E-state index >= 15 is 0 Å². The Morgan fingerprint density at radius 2 is 1.75 bits per heavy atom. The third kappa shape index (κ3) is 7.18. The molecule has 0 aliphatic heterocycles. The maximum atomic E-state index is 12.8. The monoisotopic (exact) mass is 585 g/mol. The predicted octanol–water partition coefficient (Wildman–Crippen LogP) is 4.71. The van der Waals surface area contributed by atoms with Gasteiger partial charge in [0.05, 0.1) is 29.5 Å². The fourth-order valence-corrected chi connectivity index (χ4v) is 3.92. The maximum absolute atomic E-state index is 12.8. The first-order valence-electron chi connectivity index (χ1n) is 11.8. The lowest BCUT2D eigenvalue weighted by molar-refractivity contribution is -0.116. The Hall–Kier alpha value is -4.36. The Kier molecular flexibility index (Phi) is 9.07. The standard InChI is InChI=1S/C26H25Cl2N7O5/c1-34(2)13-23(38)31-20-11-17(9-10-29-20)40-19-8-7-18(24(27)25(19)28)30-26(39)32-21-12-22(37)33-35(21)16-5-3-15(14-36)4-6-16/h3-12,36H,13-14H2,1-2H3,(H,33,37)(H,29,31,38)(H2,30,32,39). The van der Waals surface area contributed by atoms with Crippen LogP contribution in [0.2, 0.25) is 10.0 Å². The second kappa shape index (κ2) is 12.7. The number of carbonyl (C=O) groups is 2. The molecule has 0 fully saturated rings. The number of aromatic nitrogens is 3. The van der Waals surface area contributed by atoms with Crippen molar-refractivity contribution < 1.29 is 24.5 Å². The number of aliphatic hydroxyl groups is 1. The van der Waals surface area contributed by atoms with E-state index in [0.717, 1.165) is 0 Å². The van der Waals surface area contributed by atoms with Crippen LogP contribution >= 0.6 is 23.2 Å². The van der Waals surface area contributed by atoms with Gasteiger partial charge < -0.3 is 30.5 Å². The summed E-state index contributed by atoms with van der Waals surface area (Å²) in [6.45, 7) is 0.0711. The lowest BCUT2D eigenvalue weighted by Gasteiger charge is -2.14. The highest BCUT2D eigenvalue weighted by molar-refractivity contribution is 6.45. The number of amides is 3. The molecule has 0 bridgehead atoms. The molecule has 4 rings (SSSR count). The zero-order valence-corrected chi connectivity index (χ0v) is 22.9. The highest BCUT2D eigenvalue weighted by Gasteiger charge is 2.17. The number of anilines is 3. The number of aromatic hydroxyl groups is 1. The van der Waals surface area contributed by atoms with Crippen LogP contribution < -0.4 is 20.7 Å². The molecule has 208 valence electrons. The molecule has 0 radical (unpaired) electrons. The van der Waals surface area contributed by atoms with Gasteiger partial charge in [-0.2, -0.15) is 0 Å². The Morgan fingerprint density at radius 1 is 1.00 bits per heavy atom. The van der Waals surface area contributed by atoms with Gasteiger partial charge in [-0.25, -0.2) is 14.5 Å².